The van der Waals surface area contributed by atoms with E-state index < -0.39 is 54.7 Å². The molecule has 11 heteroatoms. The molecule has 0 aliphatic carbocycles. The lowest BCUT2D eigenvalue weighted by Gasteiger charge is -2.40. The van der Waals surface area contributed by atoms with E-state index in [-0.39, 0.29) is 18.2 Å². The largest absolute Gasteiger partial charge is 0.415 e. The summed E-state index contributed by atoms with van der Waals surface area (Å²) in [5, 5.41) is 32.8. The van der Waals surface area contributed by atoms with Crippen LogP contribution in [0.15, 0.2) is 11.8 Å². The summed E-state index contributed by atoms with van der Waals surface area (Å²) >= 11 is 0. The number of amides is 3. The number of unbranched alkanes of at least 4 members (excludes halogenated alkanes) is 8. The zero-order valence-electron chi connectivity index (χ0n) is 23.3. The van der Waals surface area contributed by atoms with Crippen LogP contribution in [0.3, 0.4) is 0 Å². The summed E-state index contributed by atoms with van der Waals surface area (Å²) in [6.45, 7) is 4.34. The summed E-state index contributed by atoms with van der Waals surface area (Å²) in [7, 11) is 0. The second-order valence-electron chi connectivity index (χ2n) is 10.9. The Balaban J connectivity index is 1.51. The molecule has 3 aliphatic heterocycles. The summed E-state index contributed by atoms with van der Waals surface area (Å²) in [5.41, 5.74) is 0. The van der Waals surface area contributed by atoms with Crippen LogP contribution < -0.4 is 5.32 Å². The van der Waals surface area contributed by atoms with Crippen molar-refractivity contribution in [1.82, 2.24) is 10.2 Å². The van der Waals surface area contributed by atoms with E-state index in [0.29, 0.717) is 19.4 Å². The predicted octanol–water partition coefficient (Wildman–Crippen LogP) is 2.65. The molecule has 3 fully saturated rings. The summed E-state index contributed by atoms with van der Waals surface area (Å²) in [4.78, 5) is 38.7. The molecule has 222 valence electrons. The molecule has 0 bridgehead atoms. The highest BCUT2D eigenvalue weighted by Crippen LogP contribution is 2.31. The van der Waals surface area contributed by atoms with Crippen molar-refractivity contribution < 1.29 is 43.9 Å². The fraction of sp³-hybridized carbons (Fsp3) is 0.821. The number of rotatable bonds is 15. The molecule has 11 nitrogen and oxygen atoms in total. The van der Waals surface area contributed by atoms with Gasteiger partial charge in [-0.25, -0.2) is 4.79 Å². The lowest BCUT2D eigenvalue weighted by molar-refractivity contribution is -0.304. The first-order chi connectivity index (χ1) is 18.7. The van der Waals surface area contributed by atoms with Gasteiger partial charge in [0.15, 0.2) is 6.29 Å². The number of carbonyl (C=O) groups excluding carboxylic acids is 3. The molecule has 0 radical (unpaired) electrons. The number of imide groups is 1. The van der Waals surface area contributed by atoms with E-state index in [0.717, 1.165) is 38.2 Å². The van der Waals surface area contributed by atoms with Crippen LogP contribution in [0.25, 0.3) is 0 Å². The molecule has 7 atom stereocenters. The number of hydrogen-bond acceptors (Lipinski definition) is 9. The van der Waals surface area contributed by atoms with Crippen LogP contribution in [-0.2, 0) is 23.8 Å². The number of ether oxygens (including phenoxy) is 3. The van der Waals surface area contributed by atoms with Crippen molar-refractivity contribution >= 4 is 17.9 Å². The van der Waals surface area contributed by atoms with Gasteiger partial charge in [0.05, 0.1) is 24.7 Å². The molecule has 4 N–H and O–H groups in total. The SMILES string of the molecule is CCCCCCCCCCC[C@H](CC(=O)NC(=O)/C=C1/OC(=O)N2CCC[C@H]12)O[C@@H]1O[C@@H](C)[C@H](O)[C@@H](O)[C@H]1O. The van der Waals surface area contributed by atoms with Crippen molar-refractivity contribution in [3.05, 3.63) is 11.8 Å². The van der Waals surface area contributed by atoms with Crippen molar-refractivity contribution in [1.29, 1.82) is 0 Å². The highest BCUT2D eigenvalue weighted by atomic mass is 16.7. The monoisotopic (exact) mass is 554 g/mol. The van der Waals surface area contributed by atoms with Gasteiger partial charge in [-0.05, 0) is 26.2 Å². The quantitative estimate of drug-likeness (QED) is 0.177. The number of nitrogens with one attached hydrogen (secondary N) is 1. The molecule has 0 aromatic rings. The van der Waals surface area contributed by atoms with Crippen LogP contribution in [0.1, 0.15) is 97.3 Å². The molecule has 0 unspecified atom stereocenters. The predicted molar refractivity (Wildman–Crippen MR) is 141 cm³/mol. The maximum absolute atomic E-state index is 12.7. The van der Waals surface area contributed by atoms with E-state index in [1.54, 1.807) is 11.8 Å². The number of aliphatic hydroxyl groups excluding tert-OH is 3. The second kappa shape index (κ2) is 15.7. The Bertz CT molecular complexity index is 851. The molecular formula is C28H46N2O9. The number of cyclic esters (lactones) is 1. The summed E-state index contributed by atoms with van der Waals surface area (Å²) in [6.07, 6.45) is 5.81. The van der Waals surface area contributed by atoms with Crippen LogP contribution in [0.4, 0.5) is 4.79 Å². The first-order valence-electron chi connectivity index (χ1n) is 14.6. The Kier molecular flexibility index (Phi) is 12.6. The highest BCUT2D eigenvalue weighted by molar-refractivity contribution is 6.01. The van der Waals surface area contributed by atoms with Crippen LogP contribution in [-0.4, -0.2) is 87.5 Å². The van der Waals surface area contributed by atoms with Gasteiger partial charge in [0, 0.05) is 12.6 Å². The minimum Gasteiger partial charge on any atom is -0.412 e. The Morgan fingerprint density at radius 1 is 1.05 bits per heavy atom. The third kappa shape index (κ3) is 9.24. The molecule has 3 amide bonds. The number of nitrogens with zero attached hydrogens (tertiary/aromatic N) is 1. The van der Waals surface area contributed by atoms with Crippen molar-refractivity contribution in [2.24, 2.45) is 0 Å². The fourth-order valence-electron chi connectivity index (χ4n) is 5.41. The number of hydrogen-bond donors (Lipinski definition) is 4. The van der Waals surface area contributed by atoms with Gasteiger partial charge < -0.3 is 29.5 Å². The Labute approximate surface area is 230 Å². The topological polar surface area (TPSA) is 155 Å². The Morgan fingerprint density at radius 3 is 2.41 bits per heavy atom. The van der Waals surface area contributed by atoms with E-state index in [1.165, 1.54) is 32.1 Å². The Hall–Kier alpha value is -2.05. The van der Waals surface area contributed by atoms with E-state index in [9.17, 15) is 29.7 Å². The van der Waals surface area contributed by atoms with Crippen LogP contribution >= 0.6 is 0 Å². The molecule has 0 spiro atoms. The van der Waals surface area contributed by atoms with Gasteiger partial charge in [0.1, 0.15) is 24.1 Å². The number of fused-ring (bicyclic) bond motifs is 1. The number of aliphatic hydroxyl groups is 3. The third-order valence-electron chi connectivity index (χ3n) is 7.73. The molecule has 3 heterocycles. The lowest BCUT2D eigenvalue weighted by atomic mass is 9.99. The summed E-state index contributed by atoms with van der Waals surface area (Å²) in [5.74, 6) is -1.02. The molecule has 39 heavy (non-hydrogen) atoms. The van der Waals surface area contributed by atoms with Crippen LogP contribution in [0.5, 0.6) is 0 Å². The highest BCUT2D eigenvalue weighted by Gasteiger charge is 2.44. The smallest absolute Gasteiger partial charge is 0.412 e. The molecular weight excluding hydrogens is 508 g/mol. The standard InChI is InChI=1S/C28H46N2O9/c1-3-4-5-6-7-8-9-10-11-13-19(38-27-26(35)25(34)24(33)18(2)37-27)16-22(31)29-23(32)17-21-20-14-12-15-30(20)28(36)39-21/h17-20,24-27,33-35H,3-16H2,1-2H3,(H,29,31,32)/b21-17+/t18-,19+,20+,24-,25+,26+,27-/m0/s1. The van der Waals surface area contributed by atoms with Crippen molar-refractivity contribution in [2.45, 2.75) is 140 Å². The second-order valence-corrected chi connectivity index (χ2v) is 10.9. The third-order valence-corrected chi connectivity index (χ3v) is 7.73. The van der Waals surface area contributed by atoms with Gasteiger partial charge in [-0.1, -0.05) is 64.7 Å². The van der Waals surface area contributed by atoms with Gasteiger partial charge in [-0.15, -0.1) is 0 Å². The average Bonchev–Trinajstić information content (AvgIpc) is 3.49. The molecule has 0 aromatic heterocycles. The van der Waals surface area contributed by atoms with Gasteiger partial charge >= 0.3 is 6.09 Å². The molecule has 3 rings (SSSR count). The first-order valence-corrected chi connectivity index (χ1v) is 14.6. The van der Waals surface area contributed by atoms with E-state index in [2.05, 4.69) is 12.2 Å². The molecule has 0 aromatic carbocycles. The van der Waals surface area contributed by atoms with E-state index >= 15 is 0 Å². The van der Waals surface area contributed by atoms with Crippen LogP contribution in [0, 0.1) is 0 Å². The Morgan fingerprint density at radius 2 is 1.72 bits per heavy atom. The molecule has 3 saturated heterocycles. The van der Waals surface area contributed by atoms with Crippen molar-refractivity contribution in [3.63, 3.8) is 0 Å². The van der Waals surface area contributed by atoms with Gasteiger partial charge in [0.25, 0.3) is 5.91 Å². The maximum Gasteiger partial charge on any atom is 0.415 e. The van der Waals surface area contributed by atoms with Crippen LogP contribution in [0.2, 0.25) is 0 Å². The zero-order valence-corrected chi connectivity index (χ0v) is 23.3. The summed E-state index contributed by atoms with van der Waals surface area (Å²) in [6, 6.07) is -0.269. The minimum absolute atomic E-state index is 0.166. The lowest BCUT2D eigenvalue weighted by Crippen LogP contribution is -2.58. The zero-order chi connectivity index (χ0) is 28.4. The summed E-state index contributed by atoms with van der Waals surface area (Å²) < 4.78 is 16.7. The minimum atomic E-state index is -1.48. The number of carbonyl (C=O) groups is 3. The van der Waals surface area contributed by atoms with Gasteiger partial charge in [-0.3, -0.25) is 19.8 Å². The molecule has 3 aliphatic rings. The van der Waals surface area contributed by atoms with Crippen molar-refractivity contribution in [3.8, 4) is 0 Å². The first kappa shape index (κ1) is 31.5. The maximum atomic E-state index is 12.7. The normalized spacial score (nSPS) is 30.3. The van der Waals surface area contributed by atoms with Gasteiger partial charge in [-0.2, -0.15) is 0 Å². The fourth-order valence-corrected chi connectivity index (χ4v) is 5.41. The van der Waals surface area contributed by atoms with Crippen molar-refractivity contribution in [2.75, 3.05) is 6.54 Å². The average molecular weight is 555 g/mol. The molecule has 0 saturated carbocycles. The van der Waals surface area contributed by atoms with E-state index in [4.69, 9.17) is 14.2 Å². The van der Waals surface area contributed by atoms with Gasteiger partial charge in [0.2, 0.25) is 5.91 Å². The van der Waals surface area contributed by atoms with E-state index in [1.807, 2.05) is 0 Å².